The summed E-state index contributed by atoms with van der Waals surface area (Å²) in [6.07, 6.45) is -0.0291. The molecule has 27 heavy (non-hydrogen) atoms. The van der Waals surface area contributed by atoms with E-state index in [-0.39, 0.29) is 17.9 Å². The number of esters is 1. The highest BCUT2D eigenvalue weighted by atomic mass is 16.6. The van der Waals surface area contributed by atoms with Gasteiger partial charge in [0.1, 0.15) is 5.75 Å². The van der Waals surface area contributed by atoms with E-state index in [0.29, 0.717) is 5.75 Å². The Kier molecular flexibility index (Phi) is 5.03. The van der Waals surface area contributed by atoms with Crippen LogP contribution >= 0.6 is 0 Å². The SMILES string of the molecule is COc1ccc(OC(=O)Cc2c(C)nc3ccccc3c2C)c([N+](=O)[O-])c1. The number of rotatable bonds is 5. The molecule has 0 fully saturated rings. The smallest absolute Gasteiger partial charge is 0.315 e. The first-order valence-corrected chi connectivity index (χ1v) is 8.28. The molecular formula is C20H18N2O5. The number of carbonyl (C=O) groups excluding carboxylic acids is 1. The predicted molar refractivity (Wildman–Crippen MR) is 100 cm³/mol. The Bertz CT molecular complexity index is 1050. The molecule has 7 heteroatoms. The average molecular weight is 366 g/mol. The standard InChI is InChI=1S/C20H18N2O5/c1-12-15-6-4-5-7-17(15)21-13(2)16(12)11-20(23)27-19-9-8-14(26-3)10-18(19)22(24)25/h4-10H,11H2,1-3H3. The number of para-hydroxylation sites is 1. The van der Waals surface area contributed by atoms with Gasteiger partial charge in [-0.05, 0) is 43.2 Å². The van der Waals surface area contributed by atoms with Gasteiger partial charge in [0.05, 0.1) is 30.0 Å². The van der Waals surface area contributed by atoms with Crippen molar-refractivity contribution >= 4 is 22.6 Å². The molecule has 0 unspecified atom stereocenters. The van der Waals surface area contributed by atoms with Crippen LogP contribution in [-0.2, 0) is 11.2 Å². The molecule has 2 aromatic carbocycles. The minimum atomic E-state index is -0.612. The molecule has 0 saturated heterocycles. The third kappa shape index (κ3) is 3.72. The first kappa shape index (κ1) is 18.3. The number of aromatic nitrogens is 1. The first-order chi connectivity index (χ1) is 12.9. The summed E-state index contributed by atoms with van der Waals surface area (Å²) in [6, 6.07) is 11.8. The number of nitrogens with zero attached hydrogens (tertiary/aromatic N) is 2. The maximum atomic E-state index is 12.4. The van der Waals surface area contributed by atoms with E-state index >= 15 is 0 Å². The van der Waals surface area contributed by atoms with Gasteiger partial charge in [0.2, 0.25) is 5.75 Å². The van der Waals surface area contributed by atoms with E-state index < -0.39 is 10.9 Å². The maximum Gasteiger partial charge on any atom is 0.315 e. The average Bonchev–Trinajstić information content (AvgIpc) is 2.65. The van der Waals surface area contributed by atoms with Crippen LogP contribution in [0.2, 0.25) is 0 Å². The van der Waals surface area contributed by atoms with Crippen molar-refractivity contribution < 1.29 is 19.2 Å². The fourth-order valence-corrected chi connectivity index (χ4v) is 2.99. The lowest BCUT2D eigenvalue weighted by Gasteiger charge is -2.12. The lowest BCUT2D eigenvalue weighted by atomic mass is 10.00. The molecule has 0 spiro atoms. The van der Waals surface area contributed by atoms with Crippen molar-refractivity contribution in [2.45, 2.75) is 20.3 Å². The van der Waals surface area contributed by atoms with Gasteiger partial charge in [0.15, 0.2) is 0 Å². The van der Waals surface area contributed by atoms with Crippen LogP contribution in [0.5, 0.6) is 11.5 Å². The monoisotopic (exact) mass is 366 g/mol. The summed E-state index contributed by atoms with van der Waals surface area (Å²) in [6.45, 7) is 3.76. The Hall–Kier alpha value is -3.48. The van der Waals surface area contributed by atoms with Gasteiger partial charge in [-0.3, -0.25) is 19.9 Å². The van der Waals surface area contributed by atoms with Crippen LogP contribution in [0.4, 0.5) is 5.69 Å². The number of hydrogen-bond acceptors (Lipinski definition) is 6. The number of methoxy groups -OCH3 is 1. The lowest BCUT2D eigenvalue weighted by molar-refractivity contribution is -0.385. The summed E-state index contributed by atoms with van der Waals surface area (Å²) in [7, 11) is 1.41. The second kappa shape index (κ2) is 7.41. The van der Waals surface area contributed by atoms with E-state index in [1.165, 1.54) is 25.3 Å². The molecule has 1 heterocycles. The van der Waals surface area contributed by atoms with Gasteiger partial charge < -0.3 is 9.47 Å². The van der Waals surface area contributed by atoms with Crippen molar-refractivity contribution in [3.05, 3.63) is 69.4 Å². The van der Waals surface area contributed by atoms with Gasteiger partial charge in [0.25, 0.3) is 0 Å². The second-order valence-electron chi connectivity index (χ2n) is 6.06. The number of nitro groups is 1. The van der Waals surface area contributed by atoms with Crippen molar-refractivity contribution in [2.75, 3.05) is 7.11 Å². The molecule has 0 aliphatic rings. The summed E-state index contributed by atoms with van der Waals surface area (Å²) >= 11 is 0. The molecule has 7 nitrogen and oxygen atoms in total. The normalized spacial score (nSPS) is 10.6. The van der Waals surface area contributed by atoms with Crippen LogP contribution in [0.15, 0.2) is 42.5 Å². The van der Waals surface area contributed by atoms with Crippen LogP contribution in [0.3, 0.4) is 0 Å². The van der Waals surface area contributed by atoms with Crippen LogP contribution in [0.25, 0.3) is 10.9 Å². The van der Waals surface area contributed by atoms with Crippen LogP contribution in [-0.4, -0.2) is 23.0 Å². The lowest BCUT2D eigenvalue weighted by Crippen LogP contribution is -2.14. The predicted octanol–water partition coefficient (Wildman–Crippen LogP) is 3.92. The minimum absolute atomic E-state index is 0.0291. The highest BCUT2D eigenvalue weighted by molar-refractivity contribution is 5.86. The summed E-state index contributed by atoms with van der Waals surface area (Å²) in [5, 5.41) is 12.2. The van der Waals surface area contributed by atoms with E-state index in [4.69, 9.17) is 9.47 Å². The minimum Gasteiger partial charge on any atom is -0.496 e. The third-order valence-corrected chi connectivity index (χ3v) is 4.39. The van der Waals surface area contributed by atoms with Crippen LogP contribution < -0.4 is 9.47 Å². The number of fused-ring (bicyclic) bond motifs is 1. The van der Waals surface area contributed by atoms with Gasteiger partial charge in [-0.2, -0.15) is 0 Å². The largest absolute Gasteiger partial charge is 0.496 e. The summed E-state index contributed by atoms with van der Waals surface area (Å²) < 4.78 is 10.2. The number of pyridine rings is 1. The Morgan fingerprint density at radius 2 is 1.93 bits per heavy atom. The quantitative estimate of drug-likeness (QED) is 0.294. The van der Waals surface area contributed by atoms with Crippen molar-refractivity contribution in [3.63, 3.8) is 0 Å². The highest BCUT2D eigenvalue weighted by Crippen LogP contribution is 2.31. The molecule has 0 aliphatic carbocycles. The van der Waals surface area contributed by atoms with Crippen molar-refractivity contribution in [1.82, 2.24) is 4.98 Å². The van der Waals surface area contributed by atoms with Crippen molar-refractivity contribution in [3.8, 4) is 11.5 Å². The molecule has 0 atom stereocenters. The highest BCUT2D eigenvalue weighted by Gasteiger charge is 2.21. The molecule has 3 rings (SSSR count). The number of ether oxygens (including phenoxy) is 2. The molecule has 138 valence electrons. The number of benzene rings is 2. The Morgan fingerprint density at radius 1 is 1.19 bits per heavy atom. The zero-order valence-corrected chi connectivity index (χ0v) is 15.2. The van der Waals surface area contributed by atoms with Crippen LogP contribution in [0, 0.1) is 24.0 Å². The van der Waals surface area contributed by atoms with E-state index in [2.05, 4.69) is 4.98 Å². The summed E-state index contributed by atoms with van der Waals surface area (Å²) in [4.78, 5) is 27.6. The first-order valence-electron chi connectivity index (χ1n) is 8.28. The molecule has 0 bridgehead atoms. The van der Waals surface area contributed by atoms with E-state index in [0.717, 1.165) is 27.7 Å². The van der Waals surface area contributed by atoms with E-state index in [1.54, 1.807) is 0 Å². The maximum absolute atomic E-state index is 12.4. The molecule has 0 N–H and O–H groups in total. The molecule has 3 aromatic rings. The zero-order valence-electron chi connectivity index (χ0n) is 15.2. The number of aryl methyl sites for hydroxylation is 2. The van der Waals surface area contributed by atoms with Crippen LogP contribution in [0.1, 0.15) is 16.8 Å². The fourth-order valence-electron chi connectivity index (χ4n) is 2.99. The molecule has 0 aliphatic heterocycles. The Balaban J connectivity index is 1.89. The van der Waals surface area contributed by atoms with Gasteiger partial charge in [-0.25, -0.2) is 0 Å². The van der Waals surface area contributed by atoms with E-state index in [1.807, 2.05) is 38.1 Å². The second-order valence-corrected chi connectivity index (χ2v) is 6.06. The third-order valence-electron chi connectivity index (χ3n) is 4.39. The number of carbonyl (C=O) groups is 1. The molecule has 1 aromatic heterocycles. The van der Waals surface area contributed by atoms with Gasteiger partial charge in [-0.15, -0.1) is 0 Å². The molecule has 0 saturated carbocycles. The van der Waals surface area contributed by atoms with Gasteiger partial charge in [-0.1, -0.05) is 18.2 Å². The Morgan fingerprint density at radius 3 is 2.63 bits per heavy atom. The summed E-state index contributed by atoms with van der Waals surface area (Å²) in [5.41, 5.74) is 2.96. The van der Waals surface area contributed by atoms with Crippen molar-refractivity contribution in [1.29, 1.82) is 0 Å². The fraction of sp³-hybridized carbons (Fsp3) is 0.200. The van der Waals surface area contributed by atoms with E-state index in [9.17, 15) is 14.9 Å². The topological polar surface area (TPSA) is 91.6 Å². The Labute approximate surface area is 155 Å². The number of nitro benzene ring substituents is 1. The number of hydrogen-bond donors (Lipinski definition) is 0. The zero-order chi connectivity index (χ0) is 19.6. The molecule has 0 radical (unpaired) electrons. The van der Waals surface area contributed by atoms with Gasteiger partial charge >= 0.3 is 11.7 Å². The molecule has 0 amide bonds. The molecular weight excluding hydrogens is 348 g/mol. The summed E-state index contributed by atoms with van der Waals surface area (Å²) in [5.74, 6) is -0.395. The van der Waals surface area contributed by atoms with Gasteiger partial charge in [0, 0.05) is 11.1 Å². The van der Waals surface area contributed by atoms with Crippen molar-refractivity contribution in [2.24, 2.45) is 0 Å².